The molecule has 1 fully saturated rings. The predicted molar refractivity (Wildman–Crippen MR) is 62.4 cm³/mol. The summed E-state index contributed by atoms with van der Waals surface area (Å²) in [5.74, 6) is 2.68. The molecule has 78 valence electrons. The van der Waals surface area contributed by atoms with Crippen molar-refractivity contribution in [3.63, 3.8) is 0 Å². The molecule has 0 aromatic carbocycles. The molecule has 0 aliphatic carbocycles. The lowest BCUT2D eigenvalue weighted by atomic mass is 9.87. The first-order valence-corrected chi connectivity index (χ1v) is 6.49. The van der Waals surface area contributed by atoms with Gasteiger partial charge in [-0.3, -0.25) is 0 Å². The lowest BCUT2D eigenvalue weighted by Crippen LogP contribution is -2.45. The Hall–Kier alpha value is 0.310. The molecule has 1 unspecified atom stereocenters. The van der Waals surface area contributed by atoms with Crippen molar-refractivity contribution in [2.75, 3.05) is 11.5 Å². The zero-order chi connectivity index (χ0) is 9.90. The molecular weight excluding hydrogens is 178 g/mol. The van der Waals surface area contributed by atoms with Gasteiger partial charge in [-0.15, -0.1) is 0 Å². The highest BCUT2D eigenvalue weighted by Gasteiger charge is 2.23. The minimum Gasteiger partial charge on any atom is -0.311 e. The number of rotatable bonds is 2. The molecule has 2 heteroatoms. The van der Waals surface area contributed by atoms with Crippen molar-refractivity contribution in [3.8, 4) is 0 Å². The number of thioether (sulfide) groups is 1. The van der Waals surface area contributed by atoms with E-state index in [-0.39, 0.29) is 0 Å². The molecule has 0 saturated carbocycles. The van der Waals surface area contributed by atoms with Crippen molar-refractivity contribution in [2.24, 2.45) is 5.41 Å². The molecule has 1 aliphatic rings. The van der Waals surface area contributed by atoms with Crippen molar-refractivity contribution >= 4 is 11.8 Å². The van der Waals surface area contributed by atoms with Gasteiger partial charge in [0.05, 0.1) is 0 Å². The van der Waals surface area contributed by atoms with Crippen LogP contribution < -0.4 is 5.32 Å². The van der Waals surface area contributed by atoms with Crippen molar-refractivity contribution in [3.05, 3.63) is 0 Å². The van der Waals surface area contributed by atoms with E-state index < -0.39 is 0 Å². The molecule has 13 heavy (non-hydrogen) atoms. The van der Waals surface area contributed by atoms with Crippen molar-refractivity contribution in [1.29, 1.82) is 0 Å². The van der Waals surface area contributed by atoms with Gasteiger partial charge in [-0.1, -0.05) is 20.8 Å². The molecule has 1 rings (SSSR count). The van der Waals surface area contributed by atoms with Gasteiger partial charge in [-0.25, -0.2) is 0 Å². The van der Waals surface area contributed by atoms with Gasteiger partial charge in [-0.05, 0) is 36.7 Å². The second-order valence-electron chi connectivity index (χ2n) is 5.14. The number of hydrogen-bond acceptors (Lipinski definition) is 2. The molecule has 1 aliphatic heterocycles. The molecule has 0 aromatic heterocycles. The van der Waals surface area contributed by atoms with E-state index >= 15 is 0 Å². The third-order valence-electron chi connectivity index (χ3n) is 3.01. The fourth-order valence-corrected chi connectivity index (χ4v) is 2.57. The Kier molecular flexibility index (Phi) is 4.11. The summed E-state index contributed by atoms with van der Waals surface area (Å²) in [5, 5.41) is 3.75. The molecule has 0 bridgehead atoms. The van der Waals surface area contributed by atoms with Crippen molar-refractivity contribution in [2.45, 2.75) is 52.6 Å². The van der Waals surface area contributed by atoms with Gasteiger partial charge in [0, 0.05) is 12.1 Å². The summed E-state index contributed by atoms with van der Waals surface area (Å²) in [5.41, 5.74) is 0.393. The summed E-state index contributed by atoms with van der Waals surface area (Å²) in [4.78, 5) is 0. The molecular formula is C11H23NS. The minimum atomic E-state index is 0.393. The second-order valence-corrected chi connectivity index (χ2v) is 6.37. The van der Waals surface area contributed by atoms with Crippen LogP contribution in [-0.4, -0.2) is 23.6 Å². The summed E-state index contributed by atoms with van der Waals surface area (Å²) in [7, 11) is 0. The van der Waals surface area contributed by atoms with Gasteiger partial charge in [0.1, 0.15) is 0 Å². The SMILES string of the molecule is CC(NC1CCSCC1)C(C)(C)C. The Morgan fingerprint density at radius 1 is 1.23 bits per heavy atom. The van der Waals surface area contributed by atoms with Crippen LogP contribution in [-0.2, 0) is 0 Å². The van der Waals surface area contributed by atoms with E-state index in [0.29, 0.717) is 11.5 Å². The Labute approximate surface area is 87.1 Å². The van der Waals surface area contributed by atoms with Gasteiger partial charge >= 0.3 is 0 Å². The highest BCUT2D eigenvalue weighted by atomic mass is 32.2. The van der Waals surface area contributed by atoms with E-state index in [1.54, 1.807) is 0 Å². The topological polar surface area (TPSA) is 12.0 Å². The van der Waals surface area contributed by atoms with E-state index in [1.165, 1.54) is 24.3 Å². The Morgan fingerprint density at radius 2 is 1.77 bits per heavy atom. The predicted octanol–water partition coefficient (Wildman–Crippen LogP) is 2.91. The van der Waals surface area contributed by atoms with Crippen LogP contribution in [0.2, 0.25) is 0 Å². The number of nitrogens with one attached hydrogen (secondary N) is 1. The monoisotopic (exact) mass is 201 g/mol. The van der Waals surface area contributed by atoms with Crippen LogP contribution in [0.3, 0.4) is 0 Å². The first kappa shape index (κ1) is 11.4. The normalized spacial score (nSPS) is 23.1. The Bertz CT molecular complexity index is 145. The first-order valence-electron chi connectivity index (χ1n) is 5.34. The third kappa shape index (κ3) is 3.90. The molecule has 0 radical (unpaired) electrons. The number of hydrogen-bond donors (Lipinski definition) is 1. The molecule has 1 heterocycles. The van der Waals surface area contributed by atoms with Gasteiger partial charge in [0.25, 0.3) is 0 Å². The van der Waals surface area contributed by atoms with Crippen molar-refractivity contribution in [1.82, 2.24) is 5.32 Å². The van der Waals surface area contributed by atoms with E-state index in [0.717, 1.165) is 6.04 Å². The van der Waals surface area contributed by atoms with Crippen LogP contribution in [0.15, 0.2) is 0 Å². The van der Waals surface area contributed by atoms with E-state index in [2.05, 4.69) is 44.8 Å². The first-order chi connectivity index (χ1) is 6.00. The van der Waals surface area contributed by atoms with Crippen LogP contribution in [0, 0.1) is 5.41 Å². The maximum Gasteiger partial charge on any atom is 0.00898 e. The summed E-state index contributed by atoms with van der Waals surface area (Å²) < 4.78 is 0. The van der Waals surface area contributed by atoms with E-state index in [4.69, 9.17) is 0 Å². The highest BCUT2D eigenvalue weighted by molar-refractivity contribution is 7.99. The summed E-state index contributed by atoms with van der Waals surface area (Å²) in [6.45, 7) is 9.23. The van der Waals surface area contributed by atoms with E-state index in [9.17, 15) is 0 Å². The van der Waals surface area contributed by atoms with Crippen LogP contribution >= 0.6 is 11.8 Å². The zero-order valence-corrected chi connectivity index (χ0v) is 10.2. The molecule has 1 atom stereocenters. The average Bonchev–Trinajstić information content (AvgIpc) is 2.04. The second kappa shape index (κ2) is 4.70. The van der Waals surface area contributed by atoms with Crippen molar-refractivity contribution < 1.29 is 0 Å². The summed E-state index contributed by atoms with van der Waals surface area (Å²) in [6.07, 6.45) is 2.70. The van der Waals surface area contributed by atoms with Crippen LogP contribution in [0.5, 0.6) is 0 Å². The molecule has 1 nitrogen and oxygen atoms in total. The fourth-order valence-electron chi connectivity index (χ4n) is 1.47. The Morgan fingerprint density at radius 3 is 2.23 bits per heavy atom. The molecule has 1 saturated heterocycles. The zero-order valence-electron chi connectivity index (χ0n) is 9.39. The van der Waals surface area contributed by atoms with Gasteiger partial charge in [0.2, 0.25) is 0 Å². The average molecular weight is 201 g/mol. The van der Waals surface area contributed by atoms with Crippen LogP contribution in [0.1, 0.15) is 40.5 Å². The maximum absolute atomic E-state index is 3.75. The summed E-state index contributed by atoms with van der Waals surface area (Å²) >= 11 is 2.09. The highest BCUT2D eigenvalue weighted by Crippen LogP contribution is 2.22. The molecule has 1 N–H and O–H groups in total. The fraction of sp³-hybridized carbons (Fsp3) is 1.00. The smallest absolute Gasteiger partial charge is 0.00898 e. The molecule has 0 amide bonds. The lowest BCUT2D eigenvalue weighted by molar-refractivity contribution is 0.257. The van der Waals surface area contributed by atoms with Crippen LogP contribution in [0.4, 0.5) is 0 Å². The maximum atomic E-state index is 3.75. The minimum absolute atomic E-state index is 0.393. The van der Waals surface area contributed by atoms with Gasteiger partial charge in [-0.2, -0.15) is 11.8 Å². The standard InChI is InChI=1S/C11H23NS/c1-9(11(2,3)4)12-10-5-7-13-8-6-10/h9-10,12H,5-8H2,1-4H3. The molecule has 0 spiro atoms. The van der Waals surface area contributed by atoms with Gasteiger partial charge < -0.3 is 5.32 Å². The lowest BCUT2D eigenvalue weighted by Gasteiger charge is -2.33. The van der Waals surface area contributed by atoms with E-state index in [1.807, 2.05) is 0 Å². The molecule has 0 aromatic rings. The van der Waals surface area contributed by atoms with Gasteiger partial charge in [0.15, 0.2) is 0 Å². The Balaban J connectivity index is 2.30. The largest absolute Gasteiger partial charge is 0.311 e. The third-order valence-corrected chi connectivity index (χ3v) is 4.05. The van der Waals surface area contributed by atoms with Crippen LogP contribution in [0.25, 0.3) is 0 Å². The summed E-state index contributed by atoms with van der Waals surface area (Å²) in [6, 6.07) is 1.40. The quantitative estimate of drug-likeness (QED) is 0.737.